The van der Waals surface area contributed by atoms with Crippen LogP contribution in [0.5, 0.6) is 5.75 Å². The molecule has 1 heterocycles. The first-order chi connectivity index (χ1) is 20.0. The predicted molar refractivity (Wildman–Crippen MR) is 163 cm³/mol. The van der Waals surface area contributed by atoms with Gasteiger partial charge in [-0.2, -0.15) is 0 Å². The van der Waals surface area contributed by atoms with Gasteiger partial charge in [-0.1, -0.05) is 35.9 Å². The second kappa shape index (κ2) is 12.3. The summed E-state index contributed by atoms with van der Waals surface area (Å²) in [5.74, 6) is -1.22. The number of benzene rings is 3. The summed E-state index contributed by atoms with van der Waals surface area (Å²) in [6.45, 7) is 0.126. The fraction of sp³-hybridized carbons (Fsp3) is 0.323. The maximum absolute atomic E-state index is 14.7. The Morgan fingerprint density at radius 2 is 1.76 bits per heavy atom. The first kappa shape index (κ1) is 30.4. The molecule has 0 saturated heterocycles. The number of amides is 1. The Morgan fingerprint density at radius 1 is 1.07 bits per heavy atom. The molecule has 1 amide bonds. The molecule has 1 aliphatic carbocycles. The molecule has 1 aliphatic rings. The number of hydrogen-bond acceptors (Lipinski definition) is 6. The van der Waals surface area contributed by atoms with Gasteiger partial charge in [0.25, 0.3) is 5.91 Å². The lowest BCUT2D eigenvalue weighted by atomic mass is 9.89. The van der Waals surface area contributed by atoms with Crippen LogP contribution in [0, 0.1) is 11.6 Å². The van der Waals surface area contributed by atoms with Gasteiger partial charge in [-0.15, -0.1) is 11.3 Å². The number of carbonyl (C=O) groups is 1. The first-order valence-electron chi connectivity index (χ1n) is 13.5. The van der Waals surface area contributed by atoms with E-state index in [0.29, 0.717) is 28.5 Å². The number of ether oxygens (including phenoxy) is 1. The molecule has 222 valence electrons. The molecular weight excluding hydrogens is 602 g/mol. The number of halogens is 3. The Bertz CT molecular complexity index is 1750. The van der Waals surface area contributed by atoms with Gasteiger partial charge in [-0.05, 0) is 68.6 Å². The standard InChI is InChI=1S/C31H31ClF2N2O4S2/c1-35-20-9-11-21(12-10-20)36(31(37)30-28(32)27-23(33)13-14-24(34)29(27)41-30)17-19-16-18(8-15-25(19)40-2)22-6-4-5-7-26(22)42(3,38)39/h4-8,13-16,20-21,35H,9-12,17H2,1-3H3/t20-,21-. The largest absolute Gasteiger partial charge is 0.496 e. The predicted octanol–water partition coefficient (Wildman–Crippen LogP) is 7.09. The van der Waals surface area contributed by atoms with Crippen molar-refractivity contribution in [2.24, 2.45) is 0 Å². The number of methoxy groups -OCH3 is 1. The molecule has 0 spiro atoms. The van der Waals surface area contributed by atoms with Crippen molar-refractivity contribution >= 4 is 48.8 Å². The number of fused-ring (bicyclic) bond motifs is 1. The van der Waals surface area contributed by atoms with Gasteiger partial charge in [-0.25, -0.2) is 17.2 Å². The second-order valence-electron chi connectivity index (χ2n) is 10.5. The van der Waals surface area contributed by atoms with Crippen LogP contribution < -0.4 is 10.1 Å². The van der Waals surface area contributed by atoms with E-state index >= 15 is 0 Å². The van der Waals surface area contributed by atoms with Gasteiger partial charge < -0.3 is 15.0 Å². The smallest absolute Gasteiger partial charge is 0.266 e. The molecule has 6 nitrogen and oxygen atoms in total. The Morgan fingerprint density at radius 3 is 2.40 bits per heavy atom. The summed E-state index contributed by atoms with van der Waals surface area (Å²) in [4.78, 5) is 16.2. The molecule has 11 heteroatoms. The highest BCUT2D eigenvalue weighted by atomic mass is 35.5. The number of carbonyl (C=O) groups excluding carboxylic acids is 1. The van der Waals surface area contributed by atoms with Gasteiger partial charge in [0, 0.05) is 36.0 Å². The molecule has 1 saturated carbocycles. The summed E-state index contributed by atoms with van der Waals surface area (Å²) < 4.78 is 60.0. The van der Waals surface area contributed by atoms with E-state index < -0.39 is 27.4 Å². The summed E-state index contributed by atoms with van der Waals surface area (Å²) >= 11 is 7.40. The van der Waals surface area contributed by atoms with Gasteiger partial charge in [0.2, 0.25) is 0 Å². The Hall–Kier alpha value is -3.05. The quantitative estimate of drug-likeness (QED) is 0.225. The second-order valence-corrected chi connectivity index (χ2v) is 13.9. The molecular formula is C31H31ClF2N2O4S2. The maximum Gasteiger partial charge on any atom is 0.266 e. The topological polar surface area (TPSA) is 75.7 Å². The lowest BCUT2D eigenvalue weighted by Gasteiger charge is -2.37. The molecule has 5 rings (SSSR count). The van der Waals surface area contributed by atoms with Crippen molar-refractivity contribution in [3.8, 4) is 16.9 Å². The third kappa shape index (κ3) is 5.90. The summed E-state index contributed by atoms with van der Waals surface area (Å²) in [5, 5.41) is 3.10. The van der Waals surface area contributed by atoms with Crippen LogP contribution in [0.4, 0.5) is 8.78 Å². The van der Waals surface area contributed by atoms with Gasteiger partial charge in [0.05, 0.1) is 27.1 Å². The van der Waals surface area contributed by atoms with E-state index in [1.54, 1.807) is 41.3 Å². The van der Waals surface area contributed by atoms with Crippen molar-refractivity contribution in [2.45, 2.75) is 49.2 Å². The van der Waals surface area contributed by atoms with E-state index in [4.69, 9.17) is 16.3 Å². The Labute approximate surface area is 253 Å². The molecule has 0 atom stereocenters. The fourth-order valence-electron chi connectivity index (χ4n) is 5.69. The van der Waals surface area contributed by atoms with Crippen LogP contribution in [-0.2, 0) is 16.4 Å². The molecule has 3 aromatic carbocycles. The number of thiophene rings is 1. The number of nitrogens with one attached hydrogen (secondary N) is 1. The molecule has 4 aromatic rings. The number of hydrogen-bond donors (Lipinski definition) is 1. The third-order valence-corrected chi connectivity index (χ3v) is 10.7. The van der Waals surface area contributed by atoms with Gasteiger partial charge >= 0.3 is 0 Å². The van der Waals surface area contributed by atoms with E-state index in [1.165, 1.54) is 13.4 Å². The Balaban J connectivity index is 1.59. The van der Waals surface area contributed by atoms with Crippen LogP contribution in [-0.4, -0.2) is 51.7 Å². The molecule has 42 heavy (non-hydrogen) atoms. The van der Waals surface area contributed by atoms with Crippen LogP contribution in [0.25, 0.3) is 21.2 Å². The number of nitrogens with zero attached hydrogens (tertiary/aromatic N) is 1. The molecule has 0 bridgehead atoms. The van der Waals surface area contributed by atoms with Crippen molar-refractivity contribution in [3.63, 3.8) is 0 Å². The van der Waals surface area contributed by atoms with Gasteiger partial charge in [-0.3, -0.25) is 4.79 Å². The van der Waals surface area contributed by atoms with E-state index in [0.717, 1.165) is 49.2 Å². The highest BCUT2D eigenvalue weighted by Gasteiger charge is 2.33. The van der Waals surface area contributed by atoms with Crippen molar-refractivity contribution in [2.75, 3.05) is 20.4 Å². The normalized spacial score (nSPS) is 17.4. The molecule has 0 radical (unpaired) electrons. The average molecular weight is 633 g/mol. The van der Waals surface area contributed by atoms with Crippen molar-refractivity contribution in [1.82, 2.24) is 10.2 Å². The molecule has 1 fully saturated rings. The van der Waals surface area contributed by atoms with Gasteiger partial charge in [0.15, 0.2) is 9.84 Å². The van der Waals surface area contributed by atoms with Gasteiger partial charge in [0.1, 0.15) is 22.3 Å². The van der Waals surface area contributed by atoms with E-state index in [-0.39, 0.29) is 37.5 Å². The van der Waals surface area contributed by atoms with Crippen LogP contribution in [0.15, 0.2) is 59.5 Å². The first-order valence-corrected chi connectivity index (χ1v) is 16.6. The monoisotopic (exact) mass is 632 g/mol. The summed E-state index contributed by atoms with van der Waals surface area (Å²) in [6, 6.07) is 14.3. The van der Waals surface area contributed by atoms with Crippen molar-refractivity contribution in [3.05, 3.63) is 81.7 Å². The lowest BCUT2D eigenvalue weighted by molar-refractivity contribution is 0.0604. The van der Waals surface area contributed by atoms with E-state index in [1.807, 2.05) is 13.1 Å². The summed E-state index contributed by atoms with van der Waals surface area (Å²) in [5.41, 5.74) is 1.86. The van der Waals surface area contributed by atoms with Crippen LogP contribution in [0.2, 0.25) is 5.02 Å². The molecule has 1 N–H and O–H groups in total. The number of sulfone groups is 1. The van der Waals surface area contributed by atoms with Crippen LogP contribution in [0.3, 0.4) is 0 Å². The fourth-order valence-corrected chi connectivity index (χ4v) is 8.11. The zero-order valence-electron chi connectivity index (χ0n) is 23.4. The Kier molecular flexibility index (Phi) is 8.89. The minimum Gasteiger partial charge on any atom is -0.496 e. The highest BCUT2D eigenvalue weighted by molar-refractivity contribution is 7.90. The zero-order chi connectivity index (χ0) is 30.2. The molecule has 1 aromatic heterocycles. The summed E-state index contributed by atoms with van der Waals surface area (Å²) in [6.07, 6.45) is 4.32. The molecule has 0 aliphatic heterocycles. The van der Waals surface area contributed by atoms with Crippen LogP contribution >= 0.6 is 22.9 Å². The minimum absolute atomic E-state index is 0.000786. The van der Waals surface area contributed by atoms with Crippen LogP contribution in [0.1, 0.15) is 40.9 Å². The number of rotatable bonds is 8. The zero-order valence-corrected chi connectivity index (χ0v) is 25.8. The third-order valence-electron chi connectivity index (χ3n) is 7.90. The van der Waals surface area contributed by atoms with E-state index in [9.17, 15) is 22.0 Å². The maximum atomic E-state index is 14.7. The average Bonchev–Trinajstić information content (AvgIpc) is 3.35. The highest BCUT2D eigenvalue weighted by Crippen LogP contribution is 2.41. The van der Waals surface area contributed by atoms with Crippen molar-refractivity contribution in [1.29, 1.82) is 0 Å². The molecule has 0 unspecified atom stereocenters. The minimum atomic E-state index is -3.51. The SMILES string of the molecule is CN[C@H]1CC[C@H](N(Cc2cc(-c3ccccc3S(C)(=O)=O)ccc2OC)C(=O)c2sc3c(F)ccc(F)c3c2Cl)CC1. The van der Waals surface area contributed by atoms with Crippen molar-refractivity contribution < 1.29 is 26.7 Å². The summed E-state index contributed by atoms with van der Waals surface area (Å²) in [7, 11) is -0.0638. The lowest BCUT2D eigenvalue weighted by Crippen LogP contribution is -2.44. The van der Waals surface area contributed by atoms with E-state index in [2.05, 4.69) is 5.32 Å².